The van der Waals surface area contributed by atoms with Crippen molar-refractivity contribution in [3.8, 4) is 6.07 Å². The van der Waals surface area contributed by atoms with Crippen LogP contribution in [0.4, 0.5) is 5.69 Å². The topological polar surface area (TPSA) is 67.6 Å². The molecule has 1 aliphatic rings. The molecule has 0 aliphatic carbocycles. The van der Waals surface area contributed by atoms with E-state index in [0.29, 0.717) is 6.54 Å². The van der Waals surface area contributed by atoms with Crippen molar-refractivity contribution in [1.82, 2.24) is 9.80 Å². The molecule has 0 N–H and O–H groups in total. The Balaban J connectivity index is 2.19. The molecule has 1 fully saturated rings. The summed E-state index contributed by atoms with van der Waals surface area (Å²) in [4.78, 5) is 30.6. The number of anilines is 1. The number of nitrogens with zero attached hydrogens (tertiary/aromatic N) is 4. The van der Waals surface area contributed by atoms with Crippen molar-refractivity contribution in [3.63, 3.8) is 0 Å². The average Bonchev–Trinajstić information content (AvgIpc) is 3.01. The number of likely N-dealkylation sites (tertiary alicyclic amines) is 1. The van der Waals surface area contributed by atoms with Crippen LogP contribution in [0.1, 0.15) is 30.4 Å². The molecule has 1 aromatic carbocycles. The third-order valence-corrected chi connectivity index (χ3v) is 4.69. The maximum absolute atomic E-state index is 13.0. The summed E-state index contributed by atoms with van der Waals surface area (Å²) in [6, 6.07) is 7.88. The Labute approximate surface area is 156 Å². The number of likely N-dealkylation sites (N-methyl/N-ethyl adjacent to an activating group) is 1. The van der Waals surface area contributed by atoms with Gasteiger partial charge in [0.1, 0.15) is 0 Å². The summed E-state index contributed by atoms with van der Waals surface area (Å²) < 4.78 is 0. The number of aryl methyl sites for hydroxylation is 2. The molecule has 0 aromatic heterocycles. The van der Waals surface area contributed by atoms with Crippen LogP contribution in [0.15, 0.2) is 18.2 Å². The van der Waals surface area contributed by atoms with E-state index in [9.17, 15) is 9.59 Å². The van der Waals surface area contributed by atoms with Gasteiger partial charge < -0.3 is 9.80 Å². The second-order valence-corrected chi connectivity index (χ2v) is 7.16. The van der Waals surface area contributed by atoms with E-state index in [-0.39, 0.29) is 30.8 Å². The van der Waals surface area contributed by atoms with E-state index in [2.05, 4.69) is 12.1 Å². The number of rotatable bonds is 6. The zero-order valence-electron chi connectivity index (χ0n) is 16.2. The van der Waals surface area contributed by atoms with Crippen molar-refractivity contribution in [2.45, 2.75) is 39.2 Å². The number of hydrogen-bond donors (Lipinski definition) is 0. The Hall–Kier alpha value is -2.39. The first-order chi connectivity index (χ1) is 12.3. The quantitative estimate of drug-likeness (QED) is 0.783. The molecule has 6 heteroatoms. The van der Waals surface area contributed by atoms with Gasteiger partial charge in [0.05, 0.1) is 25.1 Å². The second kappa shape index (κ2) is 8.81. The van der Waals surface area contributed by atoms with Gasteiger partial charge in [-0.1, -0.05) is 6.07 Å². The highest BCUT2D eigenvalue weighted by atomic mass is 16.2. The van der Waals surface area contributed by atoms with Crippen LogP contribution in [0, 0.1) is 25.2 Å². The standard InChI is InChI=1S/C20H28N4O2/c1-15-11-16(2)13-17(12-15)24(10-6-8-21)19(25)14-23-9-5-7-18(23)20(26)22(3)4/h11-13,18H,5-7,9-10,14H2,1-4H3. The lowest BCUT2D eigenvalue weighted by Gasteiger charge is -2.29. The van der Waals surface area contributed by atoms with E-state index in [1.807, 2.05) is 30.9 Å². The summed E-state index contributed by atoms with van der Waals surface area (Å²) in [7, 11) is 3.49. The first-order valence-corrected chi connectivity index (χ1v) is 9.04. The minimum atomic E-state index is -0.231. The second-order valence-electron chi connectivity index (χ2n) is 7.16. The molecule has 1 aliphatic heterocycles. The predicted octanol–water partition coefficient (Wildman–Crippen LogP) is 2.10. The number of carbonyl (C=O) groups excluding carboxylic acids is 2. The van der Waals surface area contributed by atoms with Gasteiger partial charge in [-0.2, -0.15) is 5.26 Å². The van der Waals surface area contributed by atoms with Gasteiger partial charge in [0.15, 0.2) is 0 Å². The molecular formula is C20H28N4O2. The van der Waals surface area contributed by atoms with Gasteiger partial charge in [-0.15, -0.1) is 0 Å². The van der Waals surface area contributed by atoms with E-state index >= 15 is 0 Å². The molecule has 1 saturated heterocycles. The summed E-state index contributed by atoms with van der Waals surface area (Å²) in [5.41, 5.74) is 2.98. The van der Waals surface area contributed by atoms with E-state index in [1.54, 1.807) is 23.9 Å². The summed E-state index contributed by atoms with van der Waals surface area (Å²) in [5, 5.41) is 8.96. The molecule has 1 aromatic rings. The molecule has 2 rings (SSSR count). The predicted molar refractivity (Wildman–Crippen MR) is 102 cm³/mol. The van der Waals surface area contributed by atoms with Gasteiger partial charge in [0.25, 0.3) is 0 Å². The smallest absolute Gasteiger partial charge is 0.241 e. The molecule has 26 heavy (non-hydrogen) atoms. The van der Waals surface area contributed by atoms with Crippen LogP contribution < -0.4 is 4.90 Å². The number of nitriles is 1. The molecule has 6 nitrogen and oxygen atoms in total. The normalized spacial score (nSPS) is 17.0. The lowest BCUT2D eigenvalue weighted by molar-refractivity contribution is -0.134. The molecule has 0 saturated carbocycles. The van der Waals surface area contributed by atoms with Gasteiger partial charge in [0.2, 0.25) is 11.8 Å². The minimum Gasteiger partial charge on any atom is -0.347 e. The number of hydrogen-bond acceptors (Lipinski definition) is 4. The average molecular weight is 356 g/mol. The number of carbonyl (C=O) groups is 2. The first-order valence-electron chi connectivity index (χ1n) is 9.04. The fourth-order valence-corrected chi connectivity index (χ4v) is 3.52. The molecule has 0 bridgehead atoms. The fraction of sp³-hybridized carbons (Fsp3) is 0.550. The molecule has 2 amide bonds. The highest BCUT2D eigenvalue weighted by molar-refractivity contribution is 5.95. The fourth-order valence-electron chi connectivity index (χ4n) is 3.52. The first kappa shape index (κ1) is 19.9. The van der Waals surface area contributed by atoms with Crippen LogP contribution in [0.5, 0.6) is 0 Å². The molecule has 0 radical (unpaired) electrons. The van der Waals surface area contributed by atoms with Gasteiger partial charge >= 0.3 is 0 Å². The molecular weight excluding hydrogens is 328 g/mol. The highest BCUT2D eigenvalue weighted by Crippen LogP contribution is 2.22. The Kier molecular flexibility index (Phi) is 6.76. The largest absolute Gasteiger partial charge is 0.347 e. The Morgan fingerprint density at radius 3 is 2.46 bits per heavy atom. The van der Waals surface area contributed by atoms with Crippen molar-refractivity contribution in [2.24, 2.45) is 0 Å². The summed E-state index contributed by atoms with van der Waals surface area (Å²) in [6.45, 7) is 5.29. The van der Waals surface area contributed by atoms with Crippen LogP contribution in [-0.2, 0) is 9.59 Å². The maximum Gasteiger partial charge on any atom is 0.241 e. The van der Waals surface area contributed by atoms with Gasteiger partial charge in [0, 0.05) is 26.3 Å². The molecule has 140 valence electrons. The van der Waals surface area contributed by atoms with E-state index in [4.69, 9.17) is 5.26 Å². The van der Waals surface area contributed by atoms with Gasteiger partial charge in [-0.05, 0) is 56.5 Å². The van der Waals surface area contributed by atoms with E-state index in [1.165, 1.54) is 0 Å². The van der Waals surface area contributed by atoms with Crippen molar-refractivity contribution in [1.29, 1.82) is 5.26 Å². The van der Waals surface area contributed by atoms with Crippen LogP contribution in [-0.4, -0.2) is 61.4 Å². The zero-order valence-corrected chi connectivity index (χ0v) is 16.2. The SMILES string of the molecule is Cc1cc(C)cc(N(CCC#N)C(=O)CN2CCCC2C(=O)N(C)C)c1. The van der Waals surface area contributed by atoms with Gasteiger partial charge in [-0.25, -0.2) is 0 Å². The minimum absolute atomic E-state index is 0.0466. The Morgan fingerprint density at radius 1 is 1.23 bits per heavy atom. The molecule has 1 heterocycles. The van der Waals surface area contributed by atoms with Crippen LogP contribution in [0.2, 0.25) is 0 Å². The molecule has 0 spiro atoms. The Morgan fingerprint density at radius 2 is 1.88 bits per heavy atom. The lowest BCUT2D eigenvalue weighted by atomic mass is 10.1. The molecule has 1 unspecified atom stereocenters. The van der Waals surface area contributed by atoms with Crippen LogP contribution >= 0.6 is 0 Å². The maximum atomic E-state index is 13.0. The number of benzene rings is 1. The summed E-state index contributed by atoms with van der Waals surface area (Å²) in [6.07, 6.45) is 1.98. The summed E-state index contributed by atoms with van der Waals surface area (Å²) in [5.74, 6) is -0.0195. The van der Waals surface area contributed by atoms with Crippen LogP contribution in [0.3, 0.4) is 0 Å². The third kappa shape index (κ3) is 4.83. The number of amides is 2. The van der Waals surface area contributed by atoms with Crippen LogP contribution in [0.25, 0.3) is 0 Å². The third-order valence-electron chi connectivity index (χ3n) is 4.69. The Bertz CT molecular complexity index is 688. The van der Waals surface area contributed by atoms with Crippen molar-refractivity contribution in [2.75, 3.05) is 38.6 Å². The monoisotopic (exact) mass is 356 g/mol. The molecule has 1 atom stereocenters. The summed E-state index contributed by atoms with van der Waals surface area (Å²) >= 11 is 0. The van der Waals surface area contributed by atoms with E-state index < -0.39 is 0 Å². The van der Waals surface area contributed by atoms with E-state index in [0.717, 1.165) is 36.2 Å². The van der Waals surface area contributed by atoms with Crippen molar-refractivity contribution >= 4 is 17.5 Å². The van der Waals surface area contributed by atoms with Crippen molar-refractivity contribution < 1.29 is 9.59 Å². The zero-order chi connectivity index (χ0) is 19.3. The lowest BCUT2D eigenvalue weighted by Crippen LogP contribution is -2.47. The highest BCUT2D eigenvalue weighted by Gasteiger charge is 2.33. The van der Waals surface area contributed by atoms with Gasteiger partial charge in [-0.3, -0.25) is 14.5 Å². The van der Waals surface area contributed by atoms with Crippen molar-refractivity contribution in [3.05, 3.63) is 29.3 Å².